The van der Waals surface area contributed by atoms with E-state index in [-0.39, 0.29) is 22.8 Å². The van der Waals surface area contributed by atoms with Crippen molar-refractivity contribution >= 4 is 34.6 Å². The largest absolute Gasteiger partial charge is 0.361 e. The second-order valence-electron chi connectivity index (χ2n) is 5.13. The number of rotatable bonds is 3. The van der Waals surface area contributed by atoms with E-state index in [1.807, 2.05) is 11.8 Å². The van der Waals surface area contributed by atoms with Crippen LogP contribution in [0.5, 0.6) is 0 Å². The molecular formula is C13H17Cl2N3O2. The van der Waals surface area contributed by atoms with E-state index in [1.165, 1.54) is 6.07 Å². The molecule has 0 bridgehead atoms. The minimum atomic E-state index is -0.426. The summed E-state index contributed by atoms with van der Waals surface area (Å²) < 4.78 is 0. The molecule has 1 aromatic carbocycles. The summed E-state index contributed by atoms with van der Waals surface area (Å²) in [6, 6.07) is 2.90. The molecule has 1 fully saturated rings. The van der Waals surface area contributed by atoms with Gasteiger partial charge >= 0.3 is 0 Å². The Hall–Kier alpha value is -1.04. The number of nitrogens with zero attached hydrogens (tertiary/aromatic N) is 2. The van der Waals surface area contributed by atoms with Crippen molar-refractivity contribution in [2.75, 3.05) is 11.4 Å². The van der Waals surface area contributed by atoms with Gasteiger partial charge < -0.3 is 10.6 Å². The number of benzene rings is 1. The van der Waals surface area contributed by atoms with Crippen molar-refractivity contribution in [2.24, 2.45) is 5.73 Å². The highest BCUT2D eigenvalue weighted by molar-refractivity contribution is 6.42. The Morgan fingerprint density at radius 1 is 1.40 bits per heavy atom. The molecular weight excluding hydrogens is 301 g/mol. The van der Waals surface area contributed by atoms with Crippen LogP contribution < -0.4 is 10.6 Å². The molecule has 7 heteroatoms. The third-order valence-electron chi connectivity index (χ3n) is 3.68. The first-order chi connectivity index (χ1) is 9.41. The fourth-order valence-corrected chi connectivity index (χ4v) is 3.02. The number of hydrogen-bond donors (Lipinski definition) is 1. The molecule has 2 N–H and O–H groups in total. The smallest absolute Gasteiger partial charge is 0.294 e. The summed E-state index contributed by atoms with van der Waals surface area (Å²) >= 11 is 11.9. The van der Waals surface area contributed by atoms with Crippen LogP contribution in [0.1, 0.15) is 26.2 Å². The number of halogens is 2. The first-order valence-electron chi connectivity index (χ1n) is 6.57. The predicted molar refractivity (Wildman–Crippen MR) is 81.8 cm³/mol. The van der Waals surface area contributed by atoms with Gasteiger partial charge in [-0.05, 0) is 32.3 Å². The van der Waals surface area contributed by atoms with E-state index >= 15 is 0 Å². The first kappa shape index (κ1) is 15.4. The van der Waals surface area contributed by atoms with Crippen LogP contribution in [-0.2, 0) is 0 Å². The van der Waals surface area contributed by atoms with Gasteiger partial charge in [0.15, 0.2) is 0 Å². The van der Waals surface area contributed by atoms with E-state index in [0.29, 0.717) is 10.7 Å². The zero-order valence-corrected chi connectivity index (χ0v) is 12.7. The normalized spacial score (nSPS) is 20.8. The van der Waals surface area contributed by atoms with Crippen LogP contribution >= 0.6 is 23.2 Å². The number of hydrogen-bond acceptors (Lipinski definition) is 4. The summed E-state index contributed by atoms with van der Waals surface area (Å²) in [7, 11) is 0. The van der Waals surface area contributed by atoms with Crippen LogP contribution in [0.25, 0.3) is 0 Å². The van der Waals surface area contributed by atoms with Crippen LogP contribution in [0.15, 0.2) is 12.1 Å². The minimum absolute atomic E-state index is 0.0213. The third-order valence-corrected chi connectivity index (χ3v) is 4.40. The lowest BCUT2D eigenvalue weighted by molar-refractivity contribution is -0.384. The summed E-state index contributed by atoms with van der Waals surface area (Å²) in [6.45, 7) is 2.66. The van der Waals surface area contributed by atoms with Crippen molar-refractivity contribution in [3.63, 3.8) is 0 Å². The van der Waals surface area contributed by atoms with Crippen molar-refractivity contribution in [1.29, 1.82) is 0 Å². The molecule has 110 valence electrons. The fourth-order valence-electron chi connectivity index (χ4n) is 2.71. The topological polar surface area (TPSA) is 72.4 Å². The van der Waals surface area contributed by atoms with Crippen LogP contribution in [0.4, 0.5) is 11.4 Å². The molecule has 2 unspecified atom stereocenters. The van der Waals surface area contributed by atoms with Gasteiger partial charge in [-0.15, -0.1) is 0 Å². The maximum Gasteiger partial charge on any atom is 0.294 e. The lowest BCUT2D eigenvalue weighted by Gasteiger charge is -2.39. The Morgan fingerprint density at radius 2 is 2.05 bits per heavy atom. The lowest BCUT2D eigenvalue weighted by Crippen LogP contribution is -2.49. The molecule has 1 heterocycles. The van der Waals surface area contributed by atoms with Crippen LogP contribution in [0, 0.1) is 10.1 Å². The molecule has 1 aliphatic rings. The maximum atomic E-state index is 11.3. The second-order valence-corrected chi connectivity index (χ2v) is 5.94. The van der Waals surface area contributed by atoms with Crippen molar-refractivity contribution < 1.29 is 4.92 Å². The van der Waals surface area contributed by atoms with Crippen LogP contribution in [0.3, 0.4) is 0 Å². The van der Waals surface area contributed by atoms with Gasteiger partial charge in [-0.1, -0.05) is 23.2 Å². The quantitative estimate of drug-likeness (QED) is 0.682. The molecule has 0 aromatic heterocycles. The number of piperidine rings is 1. The number of nitro groups is 1. The molecule has 0 radical (unpaired) electrons. The van der Waals surface area contributed by atoms with Gasteiger partial charge in [-0.2, -0.15) is 0 Å². The van der Waals surface area contributed by atoms with E-state index < -0.39 is 4.92 Å². The number of nitro benzene ring substituents is 1. The highest BCUT2D eigenvalue weighted by Gasteiger charge is 2.31. The van der Waals surface area contributed by atoms with Crippen molar-refractivity contribution in [3.05, 3.63) is 32.3 Å². The van der Waals surface area contributed by atoms with Gasteiger partial charge in [0.1, 0.15) is 5.69 Å². The van der Waals surface area contributed by atoms with Crippen molar-refractivity contribution in [2.45, 2.75) is 38.3 Å². The Morgan fingerprint density at radius 3 is 2.65 bits per heavy atom. The first-order valence-corrected chi connectivity index (χ1v) is 7.33. The zero-order valence-electron chi connectivity index (χ0n) is 11.2. The third kappa shape index (κ3) is 3.00. The fraction of sp³-hybridized carbons (Fsp3) is 0.538. The Balaban J connectivity index is 2.49. The second kappa shape index (κ2) is 6.16. The van der Waals surface area contributed by atoms with Crippen LogP contribution in [0.2, 0.25) is 10.0 Å². The zero-order chi connectivity index (χ0) is 14.9. The van der Waals surface area contributed by atoms with Crippen molar-refractivity contribution in [3.8, 4) is 0 Å². The standard InChI is InChI=1S/C13H17Cl2N3O2/c1-8(16)11-4-2-3-5-17(11)12-6-9(14)10(15)7-13(12)18(19)20/h6-8,11H,2-5,16H2,1H3. The Labute approximate surface area is 127 Å². The average Bonchev–Trinajstić information content (AvgIpc) is 2.41. The molecule has 1 aromatic rings. The maximum absolute atomic E-state index is 11.3. The molecule has 0 amide bonds. The lowest BCUT2D eigenvalue weighted by atomic mass is 9.96. The monoisotopic (exact) mass is 317 g/mol. The highest BCUT2D eigenvalue weighted by Crippen LogP contribution is 2.39. The number of nitrogens with two attached hydrogens (primary N) is 1. The summed E-state index contributed by atoms with van der Waals surface area (Å²) in [4.78, 5) is 12.8. The van der Waals surface area contributed by atoms with Gasteiger partial charge in [0, 0.05) is 24.7 Å². The summed E-state index contributed by atoms with van der Waals surface area (Å²) in [5.74, 6) is 0. The Bertz CT molecular complexity index is 523. The highest BCUT2D eigenvalue weighted by atomic mass is 35.5. The molecule has 2 rings (SSSR count). The predicted octanol–water partition coefficient (Wildman–Crippen LogP) is 3.61. The van der Waals surface area contributed by atoms with E-state index in [1.54, 1.807) is 6.07 Å². The molecule has 1 aliphatic heterocycles. The van der Waals surface area contributed by atoms with Gasteiger partial charge in [0.2, 0.25) is 0 Å². The SMILES string of the molecule is CC(N)C1CCCCN1c1cc(Cl)c(Cl)cc1[N+](=O)[O-]. The summed E-state index contributed by atoms with van der Waals surface area (Å²) in [5.41, 5.74) is 6.50. The molecule has 2 atom stereocenters. The van der Waals surface area contributed by atoms with Crippen LogP contribution in [-0.4, -0.2) is 23.6 Å². The molecule has 20 heavy (non-hydrogen) atoms. The van der Waals surface area contributed by atoms with E-state index in [9.17, 15) is 10.1 Å². The van der Waals surface area contributed by atoms with E-state index in [4.69, 9.17) is 28.9 Å². The van der Waals surface area contributed by atoms with E-state index in [0.717, 1.165) is 25.8 Å². The Kier molecular flexibility index (Phi) is 4.73. The summed E-state index contributed by atoms with van der Waals surface area (Å²) in [5, 5.41) is 11.8. The number of anilines is 1. The minimum Gasteiger partial charge on any atom is -0.361 e. The molecule has 0 saturated carbocycles. The van der Waals surface area contributed by atoms with Gasteiger partial charge in [-0.25, -0.2) is 0 Å². The molecule has 5 nitrogen and oxygen atoms in total. The van der Waals surface area contributed by atoms with Crippen molar-refractivity contribution in [1.82, 2.24) is 0 Å². The molecule has 0 aliphatic carbocycles. The molecule has 1 saturated heterocycles. The van der Waals surface area contributed by atoms with Gasteiger partial charge in [0.25, 0.3) is 5.69 Å². The van der Waals surface area contributed by atoms with E-state index in [2.05, 4.69) is 0 Å². The molecule has 0 spiro atoms. The van der Waals surface area contributed by atoms with Gasteiger partial charge in [0.05, 0.1) is 15.0 Å². The van der Waals surface area contributed by atoms with Gasteiger partial charge in [-0.3, -0.25) is 10.1 Å². The summed E-state index contributed by atoms with van der Waals surface area (Å²) in [6.07, 6.45) is 2.99. The average molecular weight is 318 g/mol.